The van der Waals surface area contributed by atoms with E-state index in [1.54, 1.807) is 0 Å². The molecule has 0 unspecified atom stereocenters. The van der Waals surface area contributed by atoms with Crippen LogP contribution >= 0.6 is 11.6 Å². The fraction of sp³-hybridized carbons (Fsp3) is 0.500. The van der Waals surface area contributed by atoms with Gasteiger partial charge in [0.2, 0.25) is 0 Å². The maximum Gasteiger partial charge on any atom is 0.150 e. The minimum Gasteiger partial charge on any atom is -0.388 e. The van der Waals surface area contributed by atoms with Crippen molar-refractivity contribution in [2.75, 3.05) is 11.9 Å². The summed E-state index contributed by atoms with van der Waals surface area (Å²) in [5, 5.41) is 12.8. The SMILES string of the molecule is OC1(CNc2c(F)cc(F)cc2Cl)CCCC1. The first-order chi connectivity index (χ1) is 8.00. The lowest BCUT2D eigenvalue weighted by Gasteiger charge is -2.23. The van der Waals surface area contributed by atoms with Gasteiger partial charge in [0.1, 0.15) is 5.82 Å². The zero-order chi connectivity index (χ0) is 12.5. The summed E-state index contributed by atoms with van der Waals surface area (Å²) < 4.78 is 26.3. The number of nitrogens with one attached hydrogen (secondary N) is 1. The Morgan fingerprint density at radius 2 is 1.94 bits per heavy atom. The van der Waals surface area contributed by atoms with Crippen LogP contribution < -0.4 is 5.32 Å². The fourth-order valence-corrected chi connectivity index (χ4v) is 2.44. The minimum atomic E-state index is -0.801. The minimum absolute atomic E-state index is 0.0101. The van der Waals surface area contributed by atoms with Gasteiger partial charge in [0.05, 0.1) is 16.3 Å². The molecule has 0 radical (unpaired) electrons. The summed E-state index contributed by atoms with van der Waals surface area (Å²) in [4.78, 5) is 0. The predicted molar refractivity (Wildman–Crippen MR) is 63.3 cm³/mol. The third-order valence-corrected chi connectivity index (χ3v) is 3.43. The van der Waals surface area contributed by atoms with Crippen LogP contribution in [0.4, 0.5) is 14.5 Å². The highest BCUT2D eigenvalue weighted by atomic mass is 35.5. The van der Waals surface area contributed by atoms with Crippen LogP contribution in [0.5, 0.6) is 0 Å². The molecule has 1 aliphatic carbocycles. The van der Waals surface area contributed by atoms with Gasteiger partial charge in [0, 0.05) is 12.6 Å². The van der Waals surface area contributed by atoms with Gasteiger partial charge in [0.25, 0.3) is 0 Å². The molecule has 0 aromatic heterocycles. The van der Waals surface area contributed by atoms with Crippen molar-refractivity contribution < 1.29 is 13.9 Å². The first-order valence-corrected chi connectivity index (χ1v) is 5.99. The van der Waals surface area contributed by atoms with Gasteiger partial charge in [-0.3, -0.25) is 0 Å². The van der Waals surface area contributed by atoms with Crippen molar-refractivity contribution in [3.8, 4) is 0 Å². The quantitative estimate of drug-likeness (QED) is 0.875. The number of aliphatic hydroxyl groups is 1. The van der Waals surface area contributed by atoms with E-state index in [4.69, 9.17) is 11.6 Å². The van der Waals surface area contributed by atoms with Crippen molar-refractivity contribution in [3.63, 3.8) is 0 Å². The largest absolute Gasteiger partial charge is 0.388 e. The van der Waals surface area contributed by atoms with Gasteiger partial charge in [0.15, 0.2) is 5.82 Å². The normalized spacial score (nSPS) is 18.4. The van der Waals surface area contributed by atoms with Gasteiger partial charge < -0.3 is 10.4 Å². The highest BCUT2D eigenvalue weighted by molar-refractivity contribution is 6.33. The van der Waals surface area contributed by atoms with E-state index < -0.39 is 17.2 Å². The average Bonchev–Trinajstić information content (AvgIpc) is 2.64. The lowest BCUT2D eigenvalue weighted by molar-refractivity contribution is 0.0614. The zero-order valence-corrected chi connectivity index (χ0v) is 10.0. The summed E-state index contributed by atoms with van der Waals surface area (Å²) in [6.45, 7) is 0.231. The molecule has 1 fully saturated rings. The first-order valence-electron chi connectivity index (χ1n) is 5.61. The molecule has 5 heteroatoms. The molecular formula is C12H14ClF2NO. The summed E-state index contributed by atoms with van der Waals surface area (Å²) in [6, 6.07) is 1.82. The number of rotatable bonds is 3. The molecule has 0 atom stereocenters. The summed E-state index contributed by atoms with van der Waals surface area (Å²) in [5.74, 6) is -1.45. The molecule has 2 N–H and O–H groups in total. The maximum absolute atomic E-state index is 13.4. The average molecular weight is 262 g/mol. The van der Waals surface area contributed by atoms with E-state index in [2.05, 4.69) is 5.32 Å². The van der Waals surface area contributed by atoms with Gasteiger partial charge in [-0.1, -0.05) is 24.4 Å². The van der Waals surface area contributed by atoms with Gasteiger partial charge >= 0.3 is 0 Å². The van der Waals surface area contributed by atoms with Crippen molar-refractivity contribution in [1.82, 2.24) is 0 Å². The number of hydrogen-bond acceptors (Lipinski definition) is 2. The summed E-state index contributed by atoms with van der Waals surface area (Å²) in [7, 11) is 0. The Morgan fingerprint density at radius 3 is 2.53 bits per heavy atom. The maximum atomic E-state index is 13.4. The van der Waals surface area contributed by atoms with Crippen molar-refractivity contribution in [3.05, 3.63) is 28.8 Å². The Balaban J connectivity index is 2.08. The monoisotopic (exact) mass is 261 g/mol. The van der Waals surface area contributed by atoms with E-state index in [9.17, 15) is 13.9 Å². The lowest BCUT2D eigenvalue weighted by atomic mass is 10.0. The molecule has 0 bridgehead atoms. The Morgan fingerprint density at radius 1 is 1.29 bits per heavy atom. The summed E-state index contributed by atoms with van der Waals surface area (Å²) >= 11 is 5.74. The Kier molecular flexibility index (Phi) is 3.54. The molecule has 0 heterocycles. The molecule has 1 aromatic carbocycles. The van der Waals surface area contributed by atoms with E-state index in [0.717, 1.165) is 25.0 Å². The molecule has 94 valence electrons. The van der Waals surface area contributed by atoms with Crippen LogP contribution in [-0.4, -0.2) is 17.3 Å². The van der Waals surface area contributed by atoms with E-state index in [1.807, 2.05) is 0 Å². The van der Waals surface area contributed by atoms with Crippen molar-refractivity contribution in [2.24, 2.45) is 0 Å². The second kappa shape index (κ2) is 4.78. The topological polar surface area (TPSA) is 32.3 Å². The predicted octanol–water partition coefficient (Wildman–Crippen LogP) is 3.34. The van der Waals surface area contributed by atoms with Crippen molar-refractivity contribution in [2.45, 2.75) is 31.3 Å². The Bertz CT molecular complexity index is 396. The fourth-order valence-electron chi connectivity index (χ4n) is 2.17. The summed E-state index contributed by atoms with van der Waals surface area (Å²) in [6.07, 6.45) is 3.33. The molecule has 0 saturated heterocycles. The van der Waals surface area contributed by atoms with Crippen LogP contribution in [0.3, 0.4) is 0 Å². The van der Waals surface area contributed by atoms with Crippen LogP contribution in [0.25, 0.3) is 0 Å². The van der Waals surface area contributed by atoms with Crippen LogP contribution in [0.2, 0.25) is 5.02 Å². The van der Waals surface area contributed by atoms with Gasteiger partial charge in [-0.05, 0) is 18.9 Å². The molecule has 2 rings (SSSR count). The van der Waals surface area contributed by atoms with Crippen molar-refractivity contribution in [1.29, 1.82) is 0 Å². The smallest absolute Gasteiger partial charge is 0.150 e. The highest BCUT2D eigenvalue weighted by Crippen LogP contribution is 2.32. The lowest BCUT2D eigenvalue weighted by Crippen LogP contribution is -2.33. The summed E-state index contributed by atoms with van der Waals surface area (Å²) in [5.41, 5.74) is -0.752. The molecule has 1 saturated carbocycles. The Labute approximate surface area is 104 Å². The van der Waals surface area contributed by atoms with E-state index in [-0.39, 0.29) is 17.3 Å². The molecule has 2 nitrogen and oxygen atoms in total. The van der Waals surface area contributed by atoms with Crippen LogP contribution in [-0.2, 0) is 0 Å². The van der Waals surface area contributed by atoms with E-state index in [1.165, 1.54) is 0 Å². The highest BCUT2D eigenvalue weighted by Gasteiger charge is 2.31. The van der Waals surface area contributed by atoms with E-state index >= 15 is 0 Å². The molecule has 1 aromatic rings. The third kappa shape index (κ3) is 2.87. The second-order valence-corrected chi connectivity index (χ2v) is 4.94. The second-order valence-electron chi connectivity index (χ2n) is 4.53. The van der Waals surface area contributed by atoms with Crippen LogP contribution in [0, 0.1) is 11.6 Å². The van der Waals surface area contributed by atoms with Gasteiger partial charge in [-0.25, -0.2) is 8.78 Å². The first kappa shape index (κ1) is 12.6. The van der Waals surface area contributed by atoms with Gasteiger partial charge in [-0.2, -0.15) is 0 Å². The van der Waals surface area contributed by atoms with Gasteiger partial charge in [-0.15, -0.1) is 0 Å². The molecular weight excluding hydrogens is 248 g/mol. The van der Waals surface area contributed by atoms with E-state index in [0.29, 0.717) is 12.8 Å². The molecule has 0 amide bonds. The number of hydrogen-bond donors (Lipinski definition) is 2. The number of benzene rings is 1. The van der Waals surface area contributed by atoms with Crippen LogP contribution in [0.15, 0.2) is 12.1 Å². The van der Waals surface area contributed by atoms with Crippen molar-refractivity contribution >= 4 is 17.3 Å². The zero-order valence-electron chi connectivity index (χ0n) is 9.27. The number of anilines is 1. The molecule has 1 aliphatic rings. The standard InChI is InChI=1S/C12H14ClF2NO/c13-9-5-8(14)6-10(15)11(9)16-7-12(17)3-1-2-4-12/h5-6,16-17H,1-4,7H2. The third-order valence-electron chi connectivity index (χ3n) is 3.14. The molecule has 0 spiro atoms. The van der Waals surface area contributed by atoms with Crippen LogP contribution in [0.1, 0.15) is 25.7 Å². The number of halogens is 3. The Hall–Kier alpha value is -0.870. The molecule has 0 aliphatic heterocycles. The molecule has 17 heavy (non-hydrogen) atoms.